The number of pyridine rings is 1. The van der Waals surface area contributed by atoms with E-state index < -0.39 is 0 Å². The van der Waals surface area contributed by atoms with Crippen LogP contribution in [0, 0.1) is 0 Å². The molecule has 1 amide bonds. The number of amides is 1. The molecule has 0 saturated heterocycles. The van der Waals surface area contributed by atoms with Gasteiger partial charge in [0.15, 0.2) is 0 Å². The van der Waals surface area contributed by atoms with Gasteiger partial charge in [0.05, 0.1) is 22.8 Å². The summed E-state index contributed by atoms with van der Waals surface area (Å²) in [7, 11) is 1.85. The number of benzene rings is 2. The lowest BCUT2D eigenvalue weighted by Crippen LogP contribution is -2.35. The Hall–Kier alpha value is -1.91. The van der Waals surface area contributed by atoms with Crippen molar-refractivity contribution in [2.75, 3.05) is 7.05 Å². The average molecular weight is 446 g/mol. The van der Waals surface area contributed by atoms with Crippen LogP contribution in [0.4, 0.5) is 0 Å². The largest absolute Gasteiger partial charge is 0.343 e. The highest BCUT2D eigenvalue weighted by Crippen LogP contribution is 2.34. The number of halogens is 2. The van der Waals surface area contributed by atoms with Crippen LogP contribution in [0.5, 0.6) is 0 Å². The zero-order chi connectivity index (χ0) is 19.6. The van der Waals surface area contributed by atoms with E-state index in [4.69, 9.17) is 16.6 Å². The van der Waals surface area contributed by atoms with Crippen LogP contribution in [0.2, 0.25) is 5.02 Å². The minimum Gasteiger partial charge on any atom is -0.343 e. The second-order valence-corrected chi connectivity index (χ2v) is 8.07. The summed E-state index contributed by atoms with van der Waals surface area (Å²) in [6.45, 7) is 4.13. The van der Waals surface area contributed by atoms with E-state index in [0.29, 0.717) is 5.02 Å². The summed E-state index contributed by atoms with van der Waals surface area (Å²) in [6, 6.07) is 16.0. The number of rotatable bonds is 5. The Labute approximate surface area is 173 Å². The van der Waals surface area contributed by atoms with E-state index in [0.717, 1.165) is 38.6 Å². The molecular weight excluding hydrogens is 424 g/mol. The molecule has 0 saturated carbocycles. The maximum Gasteiger partial charge on any atom is 0.228 e. The third-order valence-corrected chi connectivity index (χ3v) is 5.78. The van der Waals surface area contributed by atoms with Crippen molar-refractivity contribution >= 4 is 44.2 Å². The molecule has 0 spiro atoms. The van der Waals surface area contributed by atoms with Crippen molar-refractivity contribution < 1.29 is 4.79 Å². The van der Waals surface area contributed by atoms with Gasteiger partial charge in [-0.1, -0.05) is 58.7 Å². The first-order valence-corrected chi connectivity index (χ1v) is 10.2. The normalized spacial score (nSPS) is 12.2. The van der Waals surface area contributed by atoms with Gasteiger partial charge in [-0.25, -0.2) is 0 Å². The highest BCUT2D eigenvalue weighted by Gasteiger charge is 2.17. The molecule has 140 valence electrons. The number of aromatic nitrogens is 1. The van der Waals surface area contributed by atoms with Crippen LogP contribution in [-0.2, 0) is 11.2 Å². The predicted molar refractivity (Wildman–Crippen MR) is 116 cm³/mol. The second-order valence-electron chi connectivity index (χ2n) is 6.75. The molecule has 3 nitrogen and oxygen atoms in total. The molecular formula is C22H22BrClN2O. The lowest BCUT2D eigenvalue weighted by molar-refractivity contribution is -0.131. The molecule has 1 atom stereocenters. The van der Waals surface area contributed by atoms with Crippen LogP contribution < -0.4 is 0 Å². The number of hydrogen-bond donors (Lipinski definition) is 0. The van der Waals surface area contributed by atoms with Crippen molar-refractivity contribution in [1.29, 1.82) is 0 Å². The van der Waals surface area contributed by atoms with Crippen LogP contribution in [0.3, 0.4) is 0 Å². The summed E-state index contributed by atoms with van der Waals surface area (Å²) in [5, 5.41) is 2.70. The van der Waals surface area contributed by atoms with Crippen molar-refractivity contribution in [3.63, 3.8) is 0 Å². The molecule has 0 bridgehead atoms. The minimum atomic E-state index is 0.0680. The molecule has 0 aliphatic heterocycles. The Bertz CT molecular complexity index is 989. The quantitative estimate of drug-likeness (QED) is 0.474. The van der Waals surface area contributed by atoms with Crippen LogP contribution >= 0.6 is 27.5 Å². The second kappa shape index (κ2) is 8.41. The molecule has 1 aromatic heterocycles. The molecule has 2 aromatic carbocycles. The number of nitrogens with zero attached hydrogens (tertiary/aromatic N) is 2. The van der Waals surface area contributed by atoms with E-state index >= 15 is 0 Å². The van der Waals surface area contributed by atoms with Gasteiger partial charge in [0.25, 0.3) is 0 Å². The SMILES string of the molecule is CCC(C)N(C)C(=O)Cc1cc2ccccc2c(-c2cc(Br)ccc2Cl)n1. The summed E-state index contributed by atoms with van der Waals surface area (Å²) in [4.78, 5) is 19.3. The first-order chi connectivity index (χ1) is 12.9. The molecule has 0 aliphatic rings. The first-order valence-electron chi connectivity index (χ1n) is 9.00. The summed E-state index contributed by atoms with van der Waals surface area (Å²) >= 11 is 9.98. The summed E-state index contributed by atoms with van der Waals surface area (Å²) in [6.07, 6.45) is 1.19. The van der Waals surface area contributed by atoms with Gasteiger partial charge in [-0.15, -0.1) is 0 Å². The molecule has 0 fully saturated rings. The van der Waals surface area contributed by atoms with E-state index in [2.05, 4.69) is 29.8 Å². The Kier molecular flexibility index (Phi) is 6.18. The van der Waals surface area contributed by atoms with Gasteiger partial charge in [0.1, 0.15) is 0 Å². The third-order valence-electron chi connectivity index (χ3n) is 4.95. The molecule has 5 heteroatoms. The van der Waals surface area contributed by atoms with E-state index in [9.17, 15) is 4.79 Å². The summed E-state index contributed by atoms with van der Waals surface area (Å²) in [5.41, 5.74) is 2.40. The number of carbonyl (C=O) groups excluding carboxylic acids is 1. The molecule has 1 unspecified atom stereocenters. The van der Waals surface area contributed by atoms with E-state index in [1.54, 1.807) is 4.90 Å². The molecule has 0 N–H and O–H groups in total. The zero-order valence-electron chi connectivity index (χ0n) is 15.7. The van der Waals surface area contributed by atoms with Gasteiger partial charge in [0, 0.05) is 28.5 Å². The average Bonchev–Trinajstić information content (AvgIpc) is 2.68. The topological polar surface area (TPSA) is 33.2 Å². The Morgan fingerprint density at radius 2 is 1.96 bits per heavy atom. The lowest BCUT2D eigenvalue weighted by Gasteiger charge is -2.24. The van der Waals surface area contributed by atoms with Crippen molar-refractivity contribution in [2.24, 2.45) is 0 Å². The Morgan fingerprint density at radius 3 is 2.70 bits per heavy atom. The fourth-order valence-corrected chi connectivity index (χ4v) is 3.60. The smallest absolute Gasteiger partial charge is 0.228 e. The van der Waals surface area contributed by atoms with Crippen LogP contribution in [0.1, 0.15) is 26.0 Å². The lowest BCUT2D eigenvalue weighted by atomic mass is 10.0. The maximum atomic E-state index is 12.7. The number of likely N-dealkylation sites (N-methyl/N-ethyl adjacent to an activating group) is 1. The van der Waals surface area contributed by atoms with Gasteiger partial charge in [-0.05, 0) is 43.0 Å². The number of hydrogen-bond acceptors (Lipinski definition) is 2. The van der Waals surface area contributed by atoms with E-state index in [1.807, 2.05) is 55.6 Å². The zero-order valence-corrected chi connectivity index (χ0v) is 18.0. The highest BCUT2D eigenvalue weighted by atomic mass is 79.9. The van der Waals surface area contributed by atoms with Crippen molar-refractivity contribution in [1.82, 2.24) is 9.88 Å². The molecule has 3 rings (SSSR count). The monoisotopic (exact) mass is 444 g/mol. The van der Waals surface area contributed by atoms with Gasteiger partial charge < -0.3 is 4.90 Å². The number of carbonyl (C=O) groups is 1. The maximum absolute atomic E-state index is 12.7. The minimum absolute atomic E-state index is 0.0680. The van der Waals surface area contributed by atoms with Gasteiger partial charge in [-0.2, -0.15) is 0 Å². The van der Waals surface area contributed by atoms with E-state index in [-0.39, 0.29) is 18.4 Å². The van der Waals surface area contributed by atoms with Gasteiger partial charge in [-0.3, -0.25) is 9.78 Å². The van der Waals surface area contributed by atoms with Crippen LogP contribution in [0.25, 0.3) is 22.0 Å². The first kappa shape index (κ1) is 19.8. The van der Waals surface area contributed by atoms with Gasteiger partial charge in [0.2, 0.25) is 5.91 Å². The molecule has 0 aliphatic carbocycles. The molecule has 3 aromatic rings. The van der Waals surface area contributed by atoms with Crippen LogP contribution in [0.15, 0.2) is 53.0 Å². The highest BCUT2D eigenvalue weighted by molar-refractivity contribution is 9.10. The predicted octanol–water partition coefficient (Wildman–Crippen LogP) is 6.12. The third kappa shape index (κ3) is 4.33. The molecule has 27 heavy (non-hydrogen) atoms. The van der Waals surface area contributed by atoms with Crippen molar-refractivity contribution in [3.8, 4) is 11.3 Å². The fourth-order valence-electron chi connectivity index (χ4n) is 3.03. The van der Waals surface area contributed by atoms with E-state index in [1.165, 1.54) is 0 Å². The summed E-state index contributed by atoms with van der Waals surface area (Å²) < 4.78 is 0.936. The summed E-state index contributed by atoms with van der Waals surface area (Å²) in [5.74, 6) is 0.0680. The van der Waals surface area contributed by atoms with Crippen LogP contribution in [-0.4, -0.2) is 28.9 Å². The number of fused-ring (bicyclic) bond motifs is 1. The molecule has 0 radical (unpaired) electrons. The van der Waals surface area contributed by atoms with Crippen molar-refractivity contribution in [2.45, 2.75) is 32.7 Å². The fraction of sp³-hybridized carbons (Fsp3) is 0.273. The van der Waals surface area contributed by atoms with Crippen molar-refractivity contribution in [3.05, 3.63) is 63.7 Å². The molecule has 1 heterocycles. The Balaban J connectivity index is 2.09. The van der Waals surface area contributed by atoms with Gasteiger partial charge >= 0.3 is 0 Å². The Morgan fingerprint density at radius 1 is 1.22 bits per heavy atom. The standard InChI is InChI=1S/C22H22BrClN2O/c1-4-14(2)26(3)21(27)13-17-11-15-7-5-6-8-18(15)22(25-17)19-12-16(23)9-10-20(19)24/h5-12,14H,4,13H2,1-3H3.